The van der Waals surface area contributed by atoms with E-state index in [2.05, 4.69) is 26.3 Å². The van der Waals surface area contributed by atoms with Crippen molar-refractivity contribution >= 4 is 35.0 Å². The van der Waals surface area contributed by atoms with E-state index in [9.17, 15) is 19.2 Å². The predicted molar refractivity (Wildman–Crippen MR) is 134 cm³/mol. The molecule has 0 fully saturated rings. The Kier molecular flexibility index (Phi) is 9.45. The first-order chi connectivity index (χ1) is 17.1. The Morgan fingerprint density at radius 1 is 0.583 bits per heavy atom. The van der Waals surface area contributed by atoms with Gasteiger partial charge >= 0.3 is 23.9 Å². The third-order valence-corrected chi connectivity index (χ3v) is 4.77. The molecule has 0 aliphatic carbocycles. The molecule has 0 heterocycles. The largest absolute Gasteiger partial charge is 0.423 e. The Morgan fingerprint density at radius 3 is 1.50 bits per heavy atom. The third-order valence-electron chi connectivity index (χ3n) is 4.77. The summed E-state index contributed by atoms with van der Waals surface area (Å²) in [6.45, 7) is 17.0. The second-order valence-electron chi connectivity index (χ2n) is 7.10. The number of carbonyl (C=O) groups is 4. The lowest BCUT2D eigenvalue weighted by Crippen LogP contribution is -2.08. The van der Waals surface area contributed by atoms with Crippen LogP contribution < -0.4 is 18.9 Å². The van der Waals surface area contributed by atoms with Gasteiger partial charge in [0.25, 0.3) is 0 Å². The molecule has 2 aromatic carbocycles. The van der Waals surface area contributed by atoms with Crippen molar-refractivity contribution in [2.45, 2.75) is 13.8 Å². The van der Waals surface area contributed by atoms with Gasteiger partial charge in [0.2, 0.25) is 0 Å². The molecule has 0 amide bonds. The molecule has 8 nitrogen and oxygen atoms in total. The standard InChI is InChI=1S/C28H24O8/c1-7-25(29)33-20-11-12-23(24(16-20)36-28(32)10-4)18(6)17(5)19-13-21(34-26(30)8-2)15-22(14-19)35-27(31)9-3/h7-16H,1-4H2,5-6H3/b18-17+. The van der Waals surface area contributed by atoms with E-state index in [1.807, 2.05) is 0 Å². The second kappa shape index (κ2) is 12.5. The predicted octanol–water partition coefficient (Wildman–Crippen LogP) is 5.00. The summed E-state index contributed by atoms with van der Waals surface area (Å²) in [6, 6.07) is 9.03. The minimum atomic E-state index is -0.717. The number of benzene rings is 2. The lowest BCUT2D eigenvalue weighted by Gasteiger charge is -2.15. The molecular weight excluding hydrogens is 464 g/mol. The SMILES string of the molecule is C=CC(=O)Oc1cc(OC(=O)C=C)cc(/C(C)=C(\C)c2ccc(OC(=O)C=C)cc2OC(=O)C=C)c1. The van der Waals surface area contributed by atoms with Crippen LogP contribution in [0.1, 0.15) is 25.0 Å². The van der Waals surface area contributed by atoms with E-state index in [0.29, 0.717) is 22.3 Å². The van der Waals surface area contributed by atoms with Gasteiger partial charge in [-0.2, -0.15) is 0 Å². The molecule has 0 unspecified atom stereocenters. The van der Waals surface area contributed by atoms with E-state index in [4.69, 9.17) is 18.9 Å². The lowest BCUT2D eigenvalue weighted by molar-refractivity contribution is -0.130. The van der Waals surface area contributed by atoms with E-state index < -0.39 is 23.9 Å². The van der Waals surface area contributed by atoms with Gasteiger partial charge in [0.15, 0.2) is 0 Å². The number of ether oxygens (including phenoxy) is 4. The zero-order chi connectivity index (χ0) is 26.8. The molecule has 0 saturated carbocycles. The topological polar surface area (TPSA) is 105 Å². The molecule has 0 aliphatic heterocycles. The Bertz CT molecular complexity index is 1260. The zero-order valence-electron chi connectivity index (χ0n) is 19.9. The van der Waals surface area contributed by atoms with Crippen LogP contribution in [0.15, 0.2) is 87.0 Å². The average molecular weight is 488 g/mol. The molecule has 0 spiro atoms. The maximum absolute atomic E-state index is 11.9. The first-order valence-corrected chi connectivity index (χ1v) is 10.5. The van der Waals surface area contributed by atoms with Crippen molar-refractivity contribution in [2.75, 3.05) is 0 Å². The molecule has 184 valence electrons. The minimum absolute atomic E-state index is 0.110. The van der Waals surface area contributed by atoms with Gasteiger partial charge in [-0.15, -0.1) is 0 Å². The van der Waals surface area contributed by atoms with Crippen LogP contribution in [-0.4, -0.2) is 23.9 Å². The summed E-state index contributed by atoms with van der Waals surface area (Å²) in [5.74, 6) is -2.32. The monoisotopic (exact) mass is 488 g/mol. The second-order valence-corrected chi connectivity index (χ2v) is 7.10. The summed E-state index contributed by atoms with van der Waals surface area (Å²) in [4.78, 5) is 47.0. The highest BCUT2D eigenvalue weighted by Crippen LogP contribution is 2.37. The lowest BCUT2D eigenvalue weighted by atomic mass is 9.96. The number of hydrogen-bond acceptors (Lipinski definition) is 8. The van der Waals surface area contributed by atoms with Gasteiger partial charge in [-0.05, 0) is 54.8 Å². The molecule has 0 N–H and O–H groups in total. The molecular formula is C28H24O8. The number of hydrogen-bond donors (Lipinski definition) is 0. The van der Waals surface area contributed by atoms with E-state index in [1.165, 1.54) is 18.2 Å². The highest BCUT2D eigenvalue weighted by atomic mass is 16.6. The number of esters is 4. The summed E-state index contributed by atoms with van der Waals surface area (Å²) < 4.78 is 20.9. The molecule has 36 heavy (non-hydrogen) atoms. The molecule has 0 aliphatic rings. The summed E-state index contributed by atoms with van der Waals surface area (Å²) in [5, 5.41) is 0. The van der Waals surface area contributed by atoms with Crippen molar-refractivity contribution in [1.29, 1.82) is 0 Å². The zero-order valence-corrected chi connectivity index (χ0v) is 19.9. The van der Waals surface area contributed by atoms with Crippen LogP contribution in [0, 0.1) is 0 Å². The molecule has 0 atom stereocenters. The molecule has 2 rings (SSSR count). The van der Waals surface area contributed by atoms with Crippen molar-refractivity contribution in [3.05, 3.63) is 98.1 Å². The van der Waals surface area contributed by atoms with Gasteiger partial charge in [0, 0.05) is 42.0 Å². The van der Waals surface area contributed by atoms with Crippen molar-refractivity contribution < 1.29 is 38.1 Å². The van der Waals surface area contributed by atoms with Gasteiger partial charge in [0.1, 0.15) is 23.0 Å². The van der Waals surface area contributed by atoms with Crippen molar-refractivity contribution in [3.63, 3.8) is 0 Å². The molecule has 0 aromatic heterocycles. The first kappa shape index (κ1) is 27.3. The fourth-order valence-electron chi connectivity index (χ4n) is 2.91. The van der Waals surface area contributed by atoms with Crippen LogP contribution in [0.5, 0.6) is 23.0 Å². The first-order valence-electron chi connectivity index (χ1n) is 10.5. The minimum Gasteiger partial charge on any atom is -0.423 e. The van der Waals surface area contributed by atoms with Crippen LogP contribution in [0.25, 0.3) is 11.1 Å². The highest BCUT2D eigenvalue weighted by Gasteiger charge is 2.16. The van der Waals surface area contributed by atoms with Gasteiger partial charge in [0.05, 0.1) is 0 Å². The van der Waals surface area contributed by atoms with Crippen LogP contribution in [0.2, 0.25) is 0 Å². The Balaban J connectivity index is 2.64. The van der Waals surface area contributed by atoms with E-state index in [1.54, 1.807) is 32.0 Å². The Morgan fingerprint density at radius 2 is 1.03 bits per heavy atom. The average Bonchev–Trinajstić information content (AvgIpc) is 2.87. The fraction of sp³-hybridized carbons (Fsp3) is 0.0714. The normalized spacial score (nSPS) is 10.7. The quantitative estimate of drug-likeness (QED) is 0.199. The van der Waals surface area contributed by atoms with Gasteiger partial charge < -0.3 is 18.9 Å². The highest BCUT2D eigenvalue weighted by molar-refractivity contribution is 5.93. The van der Waals surface area contributed by atoms with Crippen LogP contribution in [-0.2, 0) is 19.2 Å². The van der Waals surface area contributed by atoms with Crippen molar-refractivity contribution in [2.24, 2.45) is 0 Å². The van der Waals surface area contributed by atoms with Crippen LogP contribution in [0.4, 0.5) is 0 Å². The van der Waals surface area contributed by atoms with Gasteiger partial charge in [-0.3, -0.25) is 0 Å². The molecule has 8 heteroatoms. The Labute approximate surface area is 208 Å². The Hall–Kier alpha value is -4.98. The van der Waals surface area contributed by atoms with Crippen LogP contribution in [0.3, 0.4) is 0 Å². The summed E-state index contributed by atoms with van der Waals surface area (Å²) in [6.07, 6.45) is 3.99. The summed E-state index contributed by atoms with van der Waals surface area (Å²) >= 11 is 0. The molecule has 0 radical (unpaired) electrons. The maximum atomic E-state index is 11.9. The molecule has 0 saturated heterocycles. The summed E-state index contributed by atoms with van der Waals surface area (Å²) in [7, 11) is 0. The smallest absolute Gasteiger partial charge is 0.335 e. The van der Waals surface area contributed by atoms with E-state index in [0.717, 1.165) is 24.3 Å². The van der Waals surface area contributed by atoms with Crippen LogP contribution >= 0.6 is 0 Å². The number of rotatable bonds is 10. The van der Waals surface area contributed by atoms with Crippen molar-refractivity contribution in [3.8, 4) is 23.0 Å². The van der Waals surface area contributed by atoms with E-state index >= 15 is 0 Å². The van der Waals surface area contributed by atoms with Gasteiger partial charge in [-0.1, -0.05) is 26.3 Å². The molecule has 0 bridgehead atoms. The summed E-state index contributed by atoms with van der Waals surface area (Å²) in [5.41, 5.74) is 2.35. The maximum Gasteiger partial charge on any atom is 0.335 e. The number of allylic oxidation sites excluding steroid dienone is 2. The number of carbonyl (C=O) groups excluding carboxylic acids is 4. The van der Waals surface area contributed by atoms with Gasteiger partial charge in [-0.25, -0.2) is 19.2 Å². The third kappa shape index (κ3) is 7.26. The fourth-order valence-corrected chi connectivity index (χ4v) is 2.91. The van der Waals surface area contributed by atoms with E-state index in [-0.39, 0.29) is 23.0 Å². The van der Waals surface area contributed by atoms with Crippen molar-refractivity contribution in [1.82, 2.24) is 0 Å². The molecule has 2 aromatic rings.